The number of halogens is 1. The fourth-order valence-electron chi connectivity index (χ4n) is 3.33. The predicted octanol–water partition coefficient (Wildman–Crippen LogP) is 2.15. The maximum atomic E-state index is 12.9. The average molecular weight is 344 g/mol. The number of likely N-dealkylation sites (tertiary alicyclic amines) is 1. The van der Waals surface area contributed by atoms with E-state index in [9.17, 15) is 9.18 Å². The number of aryl methyl sites for hydroxylation is 1. The Labute approximate surface area is 147 Å². The van der Waals surface area contributed by atoms with Crippen molar-refractivity contribution in [2.45, 2.75) is 38.8 Å². The fourth-order valence-corrected chi connectivity index (χ4v) is 3.33. The molecule has 2 aromatic rings. The molecular weight excluding hydrogens is 319 g/mol. The highest BCUT2D eigenvalue weighted by Crippen LogP contribution is 2.18. The van der Waals surface area contributed by atoms with Crippen LogP contribution in [0, 0.1) is 12.7 Å². The van der Waals surface area contributed by atoms with E-state index < -0.39 is 0 Å². The lowest BCUT2D eigenvalue weighted by atomic mass is 10.1. The zero-order valence-electron chi connectivity index (χ0n) is 14.6. The van der Waals surface area contributed by atoms with Gasteiger partial charge in [0.15, 0.2) is 0 Å². The monoisotopic (exact) mass is 344 g/mol. The summed E-state index contributed by atoms with van der Waals surface area (Å²) in [7, 11) is 0. The summed E-state index contributed by atoms with van der Waals surface area (Å²) in [6.07, 6.45) is 6.83. The van der Waals surface area contributed by atoms with E-state index in [4.69, 9.17) is 0 Å². The van der Waals surface area contributed by atoms with Gasteiger partial charge in [0, 0.05) is 18.8 Å². The van der Waals surface area contributed by atoms with Crippen LogP contribution in [0.25, 0.3) is 0 Å². The molecule has 1 aliphatic rings. The first-order chi connectivity index (χ1) is 12.1. The first-order valence-electron chi connectivity index (χ1n) is 8.84. The van der Waals surface area contributed by atoms with Crippen LogP contribution in [-0.4, -0.2) is 46.3 Å². The molecule has 0 aliphatic carbocycles. The van der Waals surface area contributed by atoms with Crippen molar-refractivity contribution in [1.29, 1.82) is 0 Å². The van der Waals surface area contributed by atoms with Gasteiger partial charge in [-0.15, -0.1) is 0 Å². The molecule has 1 aromatic heterocycles. The highest BCUT2D eigenvalue weighted by molar-refractivity contribution is 5.78. The van der Waals surface area contributed by atoms with Crippen molar-refractivity contribution < 1.29 is 9.18 Å². The summed E-state index contributed by atoms with van der Waals surface area (Å²) in [5.74, 6) is -0.189. The third-order valence-corrected chi connectivity index (χ3v) is 4.66. The Kier molecular flexibility index (Phi) is 5.81. The van der Waals surface area contributed by atoms with Gasteiger partial charge in [0.1, 0.15) is 5.82 Å². The number of carbonyl (C=O) groups excluding carboxylic acids is 1. The molecule has 25 heavy (non-hydrogen) atoms. The van der Waals surface area contributed by atoms with Crippen molar-refractivity contribution in [2.24, 2.45) is 0 Å². The van der Waals surface area contributed by atoms with E-state index in [-0.39, 0.29) is 11.7 Å². The first-order valence-corrected chi connectivity index (χ1v) is 8.84. The molecular formula is C19H25FN4O. The van der Waals surface area contributed by atoms with Gasteiger partial charge in [-0.3, -0.25) is 14.4 Å². The summed E-state index contributed by atoms with van der Waals surface area (Å²) < 4.78 is 14.8. The molecule has 1 amide bonds. The molecule has 1 atom stereocenters. The number of carbonyl (C=O) groups is 1. The summed E-state index contributed by atoms with van der Waals surface area (Å²) >= 11 is 0. The molecule has 0 saturated carbocycles. The van der Waals surface area contributed by atoms with Crippen LogP contribution in [0.15, 0.2) is 36.7 Å². The molecule has 1 aromatic carbocycles. The van der Waals surface area contributed by atoms with Crippen molar-refractivity contribution in [3.05, 3.63) is 53.6 Å². The standard InChI is InChI=1S/C19H25FN4O/c1-15-11-22-24(12-15)13-18-3-2-10-23(18)14-19(25)21-9-8-16-4-6-17(20)7-5-16/h4-7,11-12,18H,2-3,8-10,13-14H2,1H3,(H,21,25). The second-order valence-electron chi connectivity index (χ2n) is 6.73. The molecule has 6 heteroatoms. The Morgan fingerprint density at radius 1 is 1.36 bits per heavy atom. The molecule has 1 unspecified atom stereocenters. The van der Waals surface area contributed by atoms with Gasteiger partial charge < -0.3 is 5.32 Å². The van der Waals surface area contributed by atoms with Gasteiger partial charge in [0.05, 0.1) is 19.3 Å². The molecule has 0 radical (unpaired) electrons. The lowest BCUT2D eigenvalue weighted by Crippen LogP contribution is -2.41. The van der Waals surface area contributed by atoms with Crippen molar-refractivity contribution in [3.63, 3.8) is 0 Å². The van der Waals surface area contributed by atoms with E-state index in [1.807, 2.05) is 24.0 Å². The molecule has 0 spiro atoms. The van der Waals surface area contributed by atoms with Gasteiger partial charge in [-0.1, -0.05) is 12.1 Å². The van der Waals surface area contributed by atoms with E-state index in [0.717, 1.165) is 37.1 Å². The number of benzene rings is 1. The third kappa shape index (κ3) is 5.13. The summed E-state index contributed by atoms with van der Waals surface area (Å²) in [6, 6.07) is 6.77. The molecule has 5 nitrogen and oxygen atoms in total. The Hall–Kier alpha value is -2.21. The van der Waals surface area contributed by atoms with E-state index in [0.29, 0.717) is 25.6 Å². The van der Waals surface area contributed by atoms with E-state index >= 15 is 0 Å². The van der Waals surface area contributed by atoms with Crippen LogP contribution in [0.2, 0.25) is 0 Å². The minimum absolute atomic E-state index is 0.0469. The summed E-state index contributed by atoms with van der Waals surface area (Å²) in [5, 5.41) is 7.31. The van der Waals surface area contributed by atoms with E-state index in [1.54, 1.807) is 12.1 Å². The number of nitrogens with one attached hydrogen (secondary N) is 1. The van der Waals surface area contributed by atoms with E-state index in [1.165, 1.54) is 12.1 Å². The quantitative estimate of drug-likeness (QED) is 0.837. The summed E-state index contributed by atoms with van der Waals surface area (Å²) in [5.41, 5.74) is 2.18. The molecule has 1 fully saturated rings. The number of rotatable bonds is 7. The summed E-state index contributed by atoms with van der Waals surface area (Å²) in [6.45, 7) is 4.81. The predicted molar refractivity (Wildman–Crippen MR) is 94.7 cm³/mol. The van der Waals surface area contributed by atoms with Crippen molar-refractivity contribution in [3.8, 4) is 0 Å². The Balaban J connectivity index is 1.42. The number of nitrogens with zero attached hydrogens (tertiary/aromatic N) is 3. The number of aromatic nitrogens is 2. The van der Waals surface area contributed by atoms with Gasteiger partial charge in [0.2, 0.25) is 5.91 Å². The maximum absolute atomic E-state index is 12.9. The fraction of sp³-hybridized carbons (Fsp3) is 0.474. The molecule has 134 valence electrons. The Bertz CT molecular complexity index is 698. The maximum Gasteiger partial charge on any atom is 0.234 e. The van der Waals surface area contributed by atoms with E-state index in [2.05, 4.69) is 15.3 Å². The summed E-state index contributed by atoms with van der Waals surface area (Å²) in [4.78, 5) is 14.5. The largest absolute Gasteiger partial charge is 0.355 e. The van der Waals surface area contributed by atoms with Gasteiger partial charge >= 0.3 is 0 Å². The zero-order chi connectivity index (χ0) is 17.6. The topological polar surface area (TPSA) is 50.2 Å². The van der Waals surface area contributed by atoms with Crippen LogP contribution in [0.3, 0.4) is 0 Å². The molecule has 1 saturated heterocycles. The first kappa shape index (κ1) is 17.6. The normalized spacial score (nSPS) is 17.8. The second kappa shape index (κ2) is 8.25. The van der Waals surface area contributed by atoms with Crippen molar-refractivity contribution in [2.75, 3.05) is 19.6 Å². The van der Waals surface area contributed by atoms with Crippen LogP contribution in [-0.2, 0) is 17.8 Å². The minimum atomic E-state index is -0.236. The van der Waals surface area contributed by atoms with Gasteiger partial charge in [-0.05, 0) is 56.0 Å². The molecule has 1 N–H and O–H groups in total. The third-order valence-electron chi connectivity index (χ3n) is 4.66. The number of hydrogen-bond acceptors (Lipinski definition) is 3. The average Bonchev–Trinajstić information content (AvgIpc) is 3.19. The molecule has 0 bridgehead atoms. The van der Waals surface area contributed by atoms with Gasteiger partial charge in [0.25, 0.3) is 0 Å². The molecule has 1 aliphatic heterocycles. The zero-order valence-corrected chi connectivity index (χ0v) is 14.6. The Morgan fingerprint density at radius 2 is 2.16 bits per heavy atom. The highest BCUT2D eigenvalue weighted by Gasteiger charge is 2.26. The SMILES string of the molecule is Cc1cnn(CC2CCCN2CC(=O)NCCc2ccc(F)cc2)c1. The molecule has 3 rings (SSSR count). The van der Waals surface area contributed by atoms with Crippen LogP contribution >= 0.6 is 0 Å². The van der Waals surface area contributed by atoms with Crippen molar-refractivity contribution in [1.82, 2.24) is 20.0 Å². The second-order valence-corrected chi connectivity index (χ2v) is 6.73. The minimum Gasteiger partial charge on any atom is -0.355 e. The smallest absolute Gasteiger partial charge is 0.234 e. The Morgan fingerprint density at radius 3 is 2.88 bits per heavy atom. The van der Waals surface area contributed by atoms with Crippen LogP contribution in [0.5, 0.6) is 0 Å². The molecule has 2 heterocycles. The van der Waals surface area contributed by atoms with Gasteiger partial charge in [-0.25, -0.2) is 4.39 Å². The highest BCUT2D eigenvalue weighted by atomic mass is 19.1. The lowest BCUT2D eigenvalue weighted by molar-refractivity contribution is -0.122. The van der Waals surface area contributed by atoms with Crippen LogP contribution in [0.4, 0.5) is 4.39 Å². The van der Waals surface area contributed by atoms with Gasteiger partial charge in [-0.2, -0.15) is 5.10 Å². The van der Waals surface area contributed by atoms with Crippen LogP contribution < -0.4 is 5.32 Å². The van der Waals surface area contributed by atoms with Crippen LogP contribution in [0.1, 0.15) is 24.0 Å². The number of hydrogen-bond donors (Lipinski definition) is 1. The lowest BCUT2D eigenvalue weighted by Gasteiger charge is -2.23. The number of amides is 1. The van der Waals surface area contributed by atoms with Crippen molar-refractivity contribution >= 4 is 5.91 Å².